The molecule has 0 heterocycles. The number of aliphatic carboxylic acids is 1. The summed E-state index contributed by atoms with van der Waals surface area (Å²) < 4.78 is 21.1. The first-order chi connectivity index (χ1) is 10.1. The molecule has 0 aliphatic carbocycles. The van der Waals surface area contributed by atoms with E-state index in [9.17, 15) is 13.6 Å². The van der Waals surface area contributed by atoms with Gasteiger partial charge in [-0.15, -0.1) is 0 Å². The van der Waals surface area contributed by atoms with Gasteiger partial charge in [0.15, 0.2) is 11.1 Å². The molecular weight excluding hydrogens is 288 g/mol. The SMILES string of the molecule is O=C(O)CCC(c1ccccc1-c1ccccc1)S(=O)O. The molecule has 0 radical (unpaired) electrons. The lowest BCUT2D eigenvalue weighted by Crippen LogP contribution is -2.09. The molecule has 0 fully saturated rings. The fourth-order valence-electron chi connectivity index (χ4n) is 2.28. The van der Waals surface area contributed by atoms with Crippen LogP contribution in [0.5, 0.6) is 0 Å². The third kappa shape index (κ3) is 4.00. The van der Waals surface area contributed by atoms with E-state index in [0.29, 0.717) is 5.56 Å². The predicted octanol–water partition coefficient (Wildman–Crippen LogP) is 3.48. The Kier molecular flexibility index (Phi) is 5.25. The Morgan fingerprint density at radius 1 is 1.05 bits per heavy atom. The van der Waals surface area contributed by atoms with Gasteiger partial charge in [-0.05, 0) is 23.1 Å². The number of hydrogen-bond donors (Lipinski definition) is 2. The van der Waals surface area contributed by atoms with Crippen LogP contribution in [-0.4, -0.2) is 19.8 Å². The Morgan fingerprint density at radius 2 is 1.67 bits per heavy atom. The van der Waals surface area contributed by atoms with Gasteiger partial charge >= 0.3 is 5.97 Å². The Balaban J connectivity index is 2.41. The molecule has 5 heteroatoms. The molecular formula is C16H16O4S. The first kappa shape index (κ1) is 15.4. The molecule has 0 amide bonds. The lowest BCUT2D eigenvalue weighted by molar-refractivity contribution is -0.137. The van der Waals surface area contributed by atoms with Crippen LogP contribution >= 0.6 is 0 Å². The van der Waals surface area contributed by atoms with Gasteiger partial charge in [-0.1, -0.05) is 54.6 Å². The minimum atomic E-state index is -2.12. The monoisotopic (exact) mass is 304 g/mol. The Labute approximate surface area is 125 Å². The Morgan fingerprint density at radius 3 is 2.29 bits per heavy atom. The standard InChI is InChI=1S/C16H16O4S/c17-16(18)11-10-15(21(19)20)14-9-5-4-8-13(14)12-6-2-1-3-7-12/h1-9,15H,10-11H2,(H,17,18)(H,19,20). The van der Waals surface area contributed by atoms with Crippen LogP contribution in [-0.2, 0) is 15.9 Å². The van der Waals surface area contributed by atoms with Gasteiger partial charge < -0.3 is 9.66 Å². The minimum Gasteiger partial charge on any atom is -0.481 e. The number of rotatable bonds is 6. The van der Waals surface area contributed by atoms with E-state index in [4.69, 9.17) is 5.11 Å². The molecule has 21 heavy (non-hydrogen) atoms. The number of carboxylic acids is 1. The number of hydrogen-bond acceptors (Lipinski definition) is 2. The Hall–Kier alpha value is -1.98. The van der Waals surface area contributed by atoms with E-state index in [-0.39, 0.29) is 12.8 Å². The van der Waals surface area contributed by atoms with Crippen molar-refractivity contribution in [1.82, 2.24) is 0 Å². The van der Waals surface area contributed by atoms with Gasteiger partial charge in [0.2, 0.25) is 0 Å². The van der Waals surface area contributed by atoms with Crippen molar-refractivity contribution in [3.05, 3.63) is 60.2 Å². The molecule has 2 atom stereocenters. The maximum absolute atomic E-state index is 11.6. The van der Waals surface area contributed by atoms with Gasteiger partial charge in [0.1, 0.15) is 0 Å². The fraction of sp³-hybridized carbons (Fsp3) is 0.188. The van der Waals surface area contributed by atoms with Crippen LogP contribution in [0.1, 0.15) is 23.7 Å². The zero-order valence-corrected chi connectivity index (χ0v) is 12.1. The second kappa shape index (κ2) is 7.15. The van der Waals surface area contributed by atoms with E-state index in [0.717, 1.165) is 11.1 Å². The molecule has 2 unspecified atom stereocenters. The molecule has 4 nitrogen and oxygen atoms in total. The summed E-state index contributed by atoms with van der Waals surface area (Å²) in [6.45, 7) is 0. The van der Waals surface area contributed by atoms with Crippen molar-refractivity contribution in [3.63, 3.8) is 0 Å². The molecule has 0 aliphatic heterocycles. The zero-order chi connectivity index (χ0) is 15.2. The molecule has 0 bridgehead atoms. The number of benzene rings is 2. The van der Waals surface area contributed by atoms with Crippen molar-refractivity contribution in [2.45, 2.75) is 18.1 Å². The highest BCUT2D eigenvalue weighted by Gasteiger charge is 2.22. The smallest absolute Gasteiger partial charge is 0.303 e. The van der Waals surface area contributed by atoms with Crippen LogP contribution in [0.25, 0.3) is 11.1 Å². The highest BCUT2D eigenvalue weighted by atomic mass is 32.2. The average Bonchev–Trinajstić information content (AvgIpc) is 2.48. The van der Waals surface area contributed by atoms with E-state index in [1.54, 1.807) is 12.1 Å². The average molecular weight is 304 g/mol. The highest BCUT2D eigenvalue weighted by Crippen LogP contribution is 2.33. The van der Waals surface area contributed by atoms with Gasteiger partial charge in [-0.3, -0.25) is 4.79 Å². The molecule has 0 aliphatic rings. The van der Waals surface area contributed by atoms with E-state index < -0.39 is 22.3 Å². The summed E-state index contributed by atoms with van der Waals surface area (Å²) in [5.74, 6) is -0.970. The highest BCUT2D eigenvalue weighted by molar-refractivity contribution is 7.79. The molecule has 110 valence electrons. The van der Waals surface area contributed by atoms with Crippen molar-refractivity contribution < 1.29 is 18.7 Å². The molecule has 2 aromatic carbocycles. The van der Waals surface area contributed by atoms with E-state index in [2.05, 4.69) is 0 Å². The first-order valence-corrected chi connectivity index (χ1v) is 7.72. The minimum absolute atomic E-state index is 0.127. The second-order valence-corrected chi connectivity index (χ2v) is 5.77. The van der Waals surface area contributed by atoms with Gasteiger partial charge in [0, 0.05) is 6.42 Å². The molecule has 0 saturated carbocycles. The van der Waals surface area contributed by atoms with Crippen LogP contribution in [0.15, 0.2) is 54.6 Å². The topological polar surface area (TPSA) is 74.6 Å². The zero-order valence-electron chi connectivity index (χ0n) is 11.3. The summed E-state index contributed by atoms with van der Waals surface area (Å²) in [7, 11) is 0. The van der Waals surface area contributed by atoms with Crippen LogP contribution in [0.3, 0.4) is 0 Å². The fourth-order valence-corrected chi connectivity index (χ4v) is 3.02. The summed E-state index contributed by atoms with van der Waals surface area (Å²) >= 11 is -2.12. The summed E-state index contributed by atoms with van der Waals surface area (Å²) in [5, 5.41) is 8.09. The van der Waals surface area contributed by atoms with Gasteiger partial charge in [0.05, 0.1) is 5.25 Å². The maximum atomic E-state index is 11.6. The van der Waals surface area contributed by atoms with Crippen molar-refractivity contribution in [2.24, 2.45) is 0 Å². The Bertz CT molecular complexity index is 640. The quantitative estimate of drug-likeness (QED) is 0.801. The predicted molar refractivity (Wildman–Crippen MR) is 82.3 cm³/mol. The van der Waals surface area contributed by atoms with Crippen molar-refractivity contribution in [2.75, 3.05) is 0 Å². The lowest BCUT2D eigenvalue weighted by Gasteiger charge is -2.17. The summed E-state index contributed by atoms with van der Waals surface area (Å²) in [6, 6.07) is 16.9. The van der Waals surface area contributed by atoms with Crippen LogP contribution in [0.4, 0.5) is 0 Å². The number of carboxylic acid groups (broad SMARTS) is 1. The van der Waals surface area contributed by atoms with Crippen LogP contribution < -0.4 is 0 Å². The third-order valence-electron chi connectivity index (χ3n) is 3.26. The maximum Gasteiger partial charge on any atom is 0.303 e. The van der Waals surface area contributed by atoms with E-state index >= 15 is 0 Å². The van der Waals surface area contributed by atoms with E-state index in [1.165, 1.54) is 0 Å². The summed E-state index contributed by atoms with van der Waals surface area (Å²) in [6.07, 6.45) is -0.0115. The molecule has 2 N–H and O–H groups in total. The van der Waals surface area contributed by atoms with Gasteiger partial charge in [-0.2, -0.15) is 0 Å². The summed E-state index contributed by atoms with van der Waals surface area (Å²) in [5.41, 5.74) is 2.50. The van der Waals surface area contributed by atoms with Gasteiger partial charge in [0.25, 0.3) is 0 Å². The van der Waals surface area contributed by atoms with Crippen LogP contribution in [0, 0.1) is 0 Å². The van der Waals surface area contributed by atoms with E-state index in [1.807, 2.05) is 42.5 Å². The molecule has 0 saturated heterocycles. The van der Waals surface area contributed by atoms with Gasteiger partial charge in [-0.25, -0.2) is 4.21 Å². The van der Waals surface area contributed by atoms with Crippen molar-refractivity contribution in [1.29, 1.82) is 0 Å². The molecule has 2 rings (SSSR count). The largest absolute Gasteiger partial charge is 0.481 e. The normalized spacial score (nSPS) is 13.6. The second-order valence-electron chi connectivity index (χ2n) is 4.65. The molecule has 0 aromatic heterocycles. The first-order valence-electron chi connectivity index (χ1n) is 6.55. The lowest BCUT2D eigenvalue weighted by atomic mass is 9.96. The number of carbonyl (C=O) groups is 1. The van der Waals surface area contributed by atoms with Crippen molar-refractivity contribution >= 4 is 17.0 Å². The van der Waals surface area contributed by atoms with Crippen molar-refractivity contribution in [3.8, 4) is 11.1 Å². The molecule has 0 spiro atoms. The third-order valence-corrected chi connectivity index (χ3v) is 4.23. The summed E-state index contributed by atoms with van der Waals surface area (Å²) in [4.78, 5) is 10.7. The molecule has 2 aromatic rings. The van der Waals surface area contributed by atoms with Crippen LogP contribution in [0.2, 0.25) is 0 Å².